The molecule has 1 N–H and O–H groups in total. The van der Waals surface area contributed by atoms with Crippen LogP contribution in [0.4, 0.5) is 5.69 Å². The molecule has 4 heteroatoms. The Morgan fingerprint density at radius 2 is 1.76 bits per heavy atom. The molecule has 0 aliphatic carbocycles. The van der Waals surface area contributed by atoms with E-state index < -0.39 is 0 Å². The molecule has 108 valence electrons. The molecule has 0 aromatic heterocycles. The monoisotopic (exact) mass is 319 g/mol. The summed E-state index contributed by atoms with van der Waals surface area (Å²) >= 11 is 12.1. The first-order valence-electron chi connectivity index (χ1n) is 6.62. The largest absolute Gasteiger partial charge is 0.322 e. The topological polar surface area (TPSA) is 29.1 Å². The van der Waals surface area contributed by atoms with E-state index >= 15 is 0 Å². The van der Waals surface area contributed by atoms with Gasteiger partial charge in [0.1, 0.15) is 0 Å². The lowest BCUT2D eigenvalue weighted by molar-refractivity contribution is -0.111. The van der Waals surface area contributed by atoms with Gasteiger partial charge < -0.3 is 5.32 Å². The van der Waals surface area contributed by atoms with Crippen LogP contribution in [0.15, 0.2) is 48.5 Å². The molecule has 0 spiro atoms. The summed E-state index contributed by atoms with van der Waals surface area (Å²) < 4.78 is 0. The highest BCUT2D eigenvalue weighted by Gasteiger charge is 2.04. The zero-order valence-corrected chi connectivity index (χ0v) is 13.1. The van der Waals surface area contributed by atoms with Crippen LogP contribution < -0.4 is 5.32 Å². The molecular formula is C17H15Cl2NO. The van der Waals surface area contributed by atoms with E-state index in [0.717, 1.165) is 17.7 Å². The minimum atomic E-state index is -0.216. The van der Waals surface area contributed by atoms with Gasteiger partial charge in [-0.15, -0.1) is 0 Å². The second-order valence-corrected chi connectivity index (χ2v) is 5.28. The van der Waals surface area contributed by atoms with E-state index in [1.165, 1.54) is 6.08 Å². The fourth-order valence-corrected chi connectivity index (χ4v) is 2.48. The van der Waals surface area contributed by atoms with Gasteiger partial charge in [-0.3, -0.25) is 4.79 Å². The molecule has 0 atom stereocenters. The summed E-state index contributed by atoms with van der Waals surface area (Å²) in [6, 6.07) is 12.9. The summed E-state index contributed by atoms with van der Waals surface area (Å²) in [6.07, 6.45) is 3.91. The third-order valence-corrected chi connectivity index (χ3v) is 3.72. The van der Waals surface area contributed by atoms with Gasteiger partial charge in [0.2, 0.25) is 5.91 Å². The predicted octanol–water partition coefficient (Wildman–Crippen LogP) is 5.21. The van der Waals surface area contributed by atoms with Crippen LogP contribution in [0.2, 0.25) is 10.0 Å². The lowest BCUT2D eigenvalue weighted by Crippen LogP contribution is -2.09. The number of hydrogen-bond acceptors (Lipinski definition) is 1. The van der Waals surface area contributed by atoms with Crippen LogP contribution in [-0.4, -0.2) is 5.91 Å². The maximum atomic E-state index is 12.0. The van der Waals surface area contributed by atoms with Crippen LogP contribution in [0.25, 0.3) is 6.08 Å². The highest BCUT2D eigenvalue weighted by atomic mass is 35.5. The third-order valence-electron chi connectivity index (χ3n) is 3.06. The summed E-state index contributed by atoms with van der Waals surface area (Å²) in [5, 5.41) is 3.89. The lowest BCUT2D eigenvalue weighted by Gasteiger charge is -2.07. The molecule has 1 amide bonds. The SMILES string of the molecule is CCc1ccccc1NC(=O)C=Cc1c(Cl)cccc1Cl. The molecule has 21 heavy (non-hydrogen) atoms. The van der Waals surface area contributed by atoms with Gasteiger partial charge in [-0.05, 0) is 36.3 Å². The zero-order valence-electron chi connectivity index (χ0n) is 11.6. The highest BCUT2D eigenvalue weighted by molar-refractivity contribution is 6.37. The van der Waals surface area contributed by atoms with E-state index in [0.29, 0.717) is 15.6 Å². The Labute approximate surface area is 134 Å². The van der Waals surface area contributed by atoms with Gasteiger partial charge in [-0.25, -0.2) is 0 Å². The molecule has 0 aliphatic heterocycles. The predicted molar refractivity (Wildman–Crippen MR) is 89.9 cm³/mol. The van der Waals surface area contributed by atoms with E-state index in [2.05, 4.69) is 5.32 Å². The van der Waals surface area contributed by atoms with Crippen molar-refractivity contribution in [1.82, 2.24) is 0 Å². The average Bonchev–Trinajstić information content (AvgIpc) is 2.47. The molecule has 0 unspecified atom stereocenters. The molecule has 0 aliphatic rings. The van der Waals surface area contributed by atoms with Crippen molar-refractivity contribution in [1.29, 1.82) is 0 Å². The molecule has 2 aromatic carbocycles. The Balaban J connectivity index is 2.13. The number of carbonyl (C=O) groups is 1. The normalized spacial score (nSPS) is 10.8. The maximum absolute atomic E-state index is 12.0. The van der Waals surface area contributed by atoms with E-state index in [1.54, 1.807) is 24.3 Å². The quantitative estimate of drug-likeness (QED) is 0.770. The number of carbonyl (C=O) groups excluding carboxylic acids is 1. The fourth-order valence-electron chi connectivity index (χ4n) is 1.95. The van der Waals surface area contributed by atoms with Crippen LogP contribution in [0.3, 0.4) is 0 Å². The van der Waals surface area contributed by atoms with Crippen LogP contribution in [0.5, 0.6) is 0 Å². The number of hydrogen-bond donors (Lipinski definition) is 1. The molecule has 0 saturated carbocycles. The first-order chi connectivity index (χ1) is 10.1. The maximum Gasteiger partial charge on any atom is 0.248 e. The molecule has 2 nitrogen and oxygen atoms in total. The van der Waals surface area contributed by atoms with E-state index in [9.17, 15) is 4.79 Å². The second-order valence-electron chi connectivity index (χ2n) is 4.47. The Bertz CT molecular complexity index is 660. The number of benzene rings is 2. The van der Waals surface area contributed by atoms with Gasteiger partial charge in [0.05, 0.1) is 0 Å². The Morgan fingerprint density at radius 1 is 1.10 bits per heavy atom. The highest BCUT2D eigenvalue weighted by Crippen LogP contribution is 2.25. The van der Waals surface area contributed by atoms with Crippen molar-refractivity contribution in [3.63, 3.8) is 0 Å². The number of aryl methyl sites for hydroxylation is 1. The molecular weight excluding hydrogens is 305 g/mol. The van der Waals surface area contributed by atoms with Gasteiger partial charge in [-0.1, -0.05) is 54.4 Å². The zero-order chi connectivity index (χ0) is 15.2. The van der Waals surface area contributed by atoms with E-state index in [1.807, 2.05) is 31.2 Å². The smallest absolute Gasteiger partial charge is 0.248 e. The average molecular weight is 320 g/mol. The van der Waals surface area contributed by atoms with Gasteiger partial charge in [0.15, 0.2) is 0 Å². The molecule has 0 fully saturated rings. The minimum absolute atomic E-state index is 0.216. The van der Waals surface area contributed by atoms with E-state index in [4.69, 9.17) is 23.2 Å². The minimum Gasteiger partial charge on any atom is -0.322 e. The van der Waals surface area contributed by atoms with Crippen molar-refractivity contribution >= 4 is 40.9 Å². The van der Waals surface area contributed by atoms with Crippen molar-refractivity contribution in [3.05, 3.63) is 69.7 Å². The Morgan fingerprint density at radius 3 is 2.43 bits per heavy atom. The van der Waals surface area contributed by atoms with E-state index in [-0.39, 0.29) is 5.91 Å². The first kappa shape index (κ1) is 15.6. The Hall–Kier alpha value is -1.77. The fraction of sp³-hybridized carbons (Fsp3) is 0.118. The molecule has 2 aromatic rings. The number of para-hydroxylation sites is 1. The van der Waals surface area contributed by atoms with Crippen molar-refractivity contribution in [2.45, 2.75) is 13.3 Å². The molecule has 0 bridgehead atoms. The van der Waals surface area contributed by atoms with Crippen LogP contribution in [0.1, 0.15) is 18.1 Å². The van der Waals surface area contributed by atoms with Gasteiger partial charge in [0, 0.05) is 27.4 Å². The van der Waals surface area contributed by atoms with Crippen molar-refractivity contribution in [2.75, 3.05) is 5.32 Å². The van der Waals surface area contributed by atoms with Crippen molar-refractivity contribution in [2.24, 2.45) is 0 Å². The van der Waals surface area contributed by atoms with Crippen LogP contribution in [-0.2, 0) is 11.2 Å². The molecule has 0 saturated heterocycles. The van der Waals surface area contributed by atoms with Crippen molar-refractivity contribution < 1.29 is 4.79 Å². The number of nitrogens with one attached hydrogen (secondary N) is 1. The lowest BCUT2D eigenvalue weighted by atomic mass is 10.1. The molecule has 2 rings (SSSR count). The van der Waals surface area contributed by atoms with Crippen LogP contribution in [0, 0.1) is 0 Å². The summed E-state index contributed by atoms with van der Waals surface area (Å²) in [6.45, 7) is 2.05. The summed E-state index contributed by atoms with van der Waals surface area (Å²) in [5.41, 5.74) is 2.55. The Kier molecular flexibility index (Phi) is 5.43. The summed E-state index contributed by atoms with van der Waals surface area (Å²) in [5.74, 6) is -0.216. The molecule has 0 radical (unpaired) electrons. The number of amides is 1. The van der Waals surface area contributed by atoms with Gasteiger partial charge >= 0.3 is 0 Å². The first-order valence-corrected chi connectivity index (χ1v) is 7.38. The van der Waals surface area contributed by atoms with Gasteiger partial charge in [-0.2, -0.15) is 0 Å². The van der Waals surface area contributed by atoms with Crippen molar-refractivity contribution in [3.8, 4) is 0 Å². The molecule has 0 heterocycles. The van der Waals surface area contributed by atoms with Crippen LogP contribution >= 0.6 is 23.2 Å². The summed E-state index contributed by atoms with van der Waals surface area (Å²) in [7, 11) is 0. The standard InChI is InChI=1S/C17H15Cl2NO/c1-2-12-6-3-4-9-16(12)20-17(21)11-10-13-14(18)7-5-8-15(13)19/h3-11H,2H2,1H3,(H,20,21). The number of halogens is 2. The van der Waals surface area contributed by atoms with Gasteiger partial charge in [0.25, 0.3) is 0 Å². The number of anilines is 1. The second kappa shape index (κ2) is 7.30. The number of rotatable bonds is 4. The summed E-state index contributed by atoms with van der Waals surface area (Å²) in [4.78, 5) is 12.0. The third kappa shape index (κ3) is 4.10.